The number of rotatable bonds is 6. The minimum absolute atomic E-state index is 0.0489. The van der Waals surface area contributed by atoms with Crippen molar-refractivity contribution in [3.63, 3.8) is 0 Å². The van der Waals surface area contributed by atoms with Gasteiger partial charge >= 0.3 is 0 Å². The van der Waals surface area contributed by atoms with E-state index in [1.165, 1.54) is 5.56 Å². The van der Waals surface area contributed by atoms with Crippen LogP contribution >= 0.6 is 0 Å². The lowest BCUT2D eigenvalue weighted by Crippen LogP contribution is -2.25. The highest BCUT2D eigenvalue weighted by atomic mass is 16.1. The van der Waals surface area contributed by atoms with E-state index in [0.717, 1.165) is 23.1 Å². The van der Waals surface area contributed by atoms with Crippen LogP contribution in [0.5, 0.6) is 0 Å². The minimum Gasteiger partial charge on any atom is -0.352 e. The molecule has 0 fully saturated rings. The zero-order valence-corrected chi connectivity index (χ0v) is 14.9. The van der Waals surface area contributed by atoms with E-state index in [0.29, 0.717) is 18.7 Å². The van der Waals surface area contributed by atoms with Crippen LogP contribution in [-0.2, 0) is 13.0 Å². The maximum atomic E-state index is 12.3. The highest BCUT2D eigenvalue weighted by Crippen LogP contribution is 2.12. The summed E-state index contributed by atoms with van der Waals surface area (Å²) >= 11 is 0. The van der Waals surface area contributed by atoms with Crippen LogP contribution in [0, 0.1) is 0 Å². The summed E-state index contributed by atoms with van der Waals surface area (Å²) in [5.74, 6) is -0.0489. The number of carbonyl (C=O) groups excluding carboxylic acids is 1. The van der Waals surface area contributed by atoms with Crippen molar-refractivity contribution in [3.8, 4) is 0 Å². The Bertz CT molecular complexity index is 1040. The summed E-state index contributed by atoms with van der Waals surface area (Å²) in [6, 6.07) is 21.6. The number of nitrogens with zero attached hydrogens (tertiary/aromatic N) is 3. The number of pyridine rings is 1. The molecule has 0 atom stereocenters. The number of aromatic nitrogens is 3. The summed E-state index contributed by atoms with van der Waals surface area (Å²) in [4.78, 5) is 21.0. The van der Waals surface area contributed by atoms with Gasteiger partial charge in [0.1, 0.15) is 5.52 Å². The number of nitrogens with one attached hydrogen (secondary N) is 1. The van der Waals surface area contributed by atoms with Gasteiger partial charge in [-0.2, -0.15) is 0 Å². The second-order valence-corrected chi connectivity index (χ2v) is 6.41. The first-order valence-electron chi connectivity index (χ1n) is 8.96. The van der Waals surface area contributed by atoms with Gasteiger partial charge in [0, 0.05) is 18.3 Å². The molecule has 134 valence electrons. The highest BCUT2D eigenvalue weighted by molar-refractivity contribution is 5.94. The number of carbonyl (C=O) groups is 1. The van der Waals surface area contributed by atoms with Crippen LogP contribution < -0.4 is 5.32 Å². The third-order valence-electron chi connectivity index (χ3n) is 4.49. The molecule has 0 radical (unpaired) electrons. The maximum absolute atomic E-state index is 12.3. The average molecular weight is 356 g/mol. The Labute approximate surface area is 157 Å². The summed E-state index contributed by atoms with van der Waals surface area (Å²) in [6.45, 7) is 1.29. The lowest BCUT2D eigenvalue weighted by Gasteiger charge is -2.07. The van der Waals surface area contributed by atoms with E-state index < -0.39 is 0 Å². The standard InChI is InChI=1S/C22H20N4O/c27-22(24-14-12-17-5-2-1-3-6-17)19-10-8-18(9-11-19)15-26-16-25-20-7-4-13-23-21(20)26/h1-11,13,16H,12,14-15H2,(H,24,27). The number of hydrogen-bond donors (Lipinski definition) is 1. The van der Waals surface area contributed by atoms with E-state index in [2.05, 4.69) is 27.4 Å². The summed E-state index contributed by atoms with van der Waals surface area (Å²) in [5.41, 5.74) is 4.72. The van der Waals surface area contributed by atoms with Gasteiger partial charge in [-0.1, -0.05) is 42.5 Å². The Morgan fingerprint density at radius 1 is 0.889 bits per heavy atom. The lowest BCUT2D eigenvalue weighted by atomic mass is 10.1. The van der Waals surface area contributed by atoms with Gasteiger partial charge < -0.3 is 9.88 Å². The summed E-state index contributed by atoms with van der Waals surface area (Å²) < 4.78 is 2.00. The molecule has 0 bridgehead atoms. The zero-order valence-electron chi connectivity index (χ0n) is 14.9. The topological polar surface area (TPSA) is 59.8 Å². The Hall–Kier alpha value is -3.47. The van der Waals surface area contributed by atoms with Crippen molar-refractivity contribution >= 4 is 17.1 Å². The van der Waals surface area contributed by atoms with Gasteiger partial charge in [-0.15, -0.1) is 0 Å². The maximum Gasteiger partial charge on any atom is 0.251 e. The number of fused-ring (bicyclic) bond motifs is 1. The van der Waals surface area contributed by atoms with Crippen LogP contribution in [0.25, 0.3) is 11.2 Å². The molecule has 2 heterocycles. The van der Waals surface area contributed by atoms with Crippen LogP contribution in [0.1, 0.15) is 21.5 Å². The van der Waals surface area contributed by atoms with E-state index in [9.17, 15) is 4.79 Å². The fraction of sp³-hybridized carbons (Fsp3) is 0.136. The molecule has 1 amide bonds. The number of imidazole rings is 1. The van der Waals surface area contributed by atoms with Gasteiger partial charge in [0.05, 0.1) is 12.9 Å². The van der Waals surface area contributed by atoms with Gasteiger partial charge in [0.25, 0.3) is 5.91 Å². The van der Waals surface area contributed by atoms with Crippen LogP contribution in [0.2, 0.25) is 0 Å². The first kappa shape index (κ1) is 17.0. The molecule has 0 saturated heterocycles. The molecule has 0 aliphatic carbocycles. The van der Waals surface area contributed by atoms with E-state index in [1.54, 1.807) is 12.5 Å². The van der Waals surface area contributed by atoms with E-state index in [1.807, 2.05) is 59.2 Å². The summed E-state index contributed by atoms with van der Waals surface area (Å²) in [5, 5.41) is 2.97. The molecule has 5 heteroatoms. The normalized spacial score (nSPS) is 10.8. The third-order valence-corrected chi connectivity index (χ3v) is 4.49. The molecular formula is C22H20N4O. The molecule has 0 unspecified atom stereocenters. The van der Waals surface area contributed by atoms with Crippen molar-refractivity contribution in [1.29, 1.82) is 0 Å². The predicted octanol–water partition coefficient (Wildman–Crippen LogP) is 3.45. The Morgan fingerprint density at radius 2 is 1.70 bits per heavy atom. The van der Waals surface area contributed by atoms with Crippen molar-refractivity contribution < 1.29 is 4.79 Å². The number of hydrogen-bond acceptors (Lipinski definition) is 3. The van der Waals surface area contributed by atoms with E-state index in [-0.39, 0.29) is 5.91 Å². The molecule has 5 nitrogen and oxygen atoms in total. The quantitative estimate of drug-likeness (QED) is 0.576. The van der Waals surface area contributed by atoms with E-state index >= 15 is 0 Å². The monoisotopic (exact) mass is 356 g/mol. The van der Waals surface area contributed by atoms with Gasteiger partial charge in [0.2, 0.25) is 0 Å². The van der Waals surface area contributed by atoms with Crippen LogP contribution in [0.4, 0.5) is 0 Å². The molecule has 4 aromatic rings. The van der Waals surface area contributed by atoms with E-state index in [4.69, 9.17) is 0 Å². The lowest BCUT2D eigenvalue weighted by molar-refractivity contribution is 0.0954. The molecule has 0 aliphatic heterocycles. The minimum atomic E-state index is -0.0489. The van der Waals surface area contributed by atoms with Crippen molar-refractivity contribution in [3.05, 3.63) is 95.9 Å². The Kier molecular flexibility index (Phi) is 4.92. The summed E-state index contributed by atoms with van der Waals surface area (Å²) in [7, 11) is 0. The number of amides is 1. The second kappa shape index (κ2) is 7.83. The van der Waals surface area contributed by atoms with Gasteiger partial charge in [-0.25, -0.2) is 9.97 Å². The number of benzene rings is 2. The molecule has 4 rings (SSSR count). The predicted molar refractivity (Wildman–Crippen MR) is 106 cm³/mol. The molecular weight excluding hydrogens is 336 g/mol. The largest absolute Gasteiger partial charge is 0.352 e. The van der Waals surface area contributed by atoms with Crippen molar-refractivity contribution in [2.24, 2.45) is 0 Å². The molecule has 0 spiro atoms. The molecule has 0 aliphatic rings. The Balaban J connectivity index is 1.36. The molecule has 27 heavy (non-hydrogen) atoms. The van der Waals surface area contributed by atoms with Crippen molar-refractivity contribution in [2.75, 3.05) is 6.54 Å². The van der Waals surface area contributed by atoms with Crippen LogP contribution in [-0.4, -0.2) is 27.0 Å². The SMILES string of the molecule is O=C(NCCc1ccccc1)c1ccc(Cn2cnc3cccnc32)cc1. The van der Waals surface area contributed by atoms with Gasteiger partial charge in [-0.3, -0.25) is 4.79 Å². The van der Waals surface area contributed by atoms with Crippen LogP contribution in [0.3, 0.4) is 0 Å². The molecule has 2 aromatic carbocycles. The Morgan fingerprint density at radius 3 is 2.52 bits per heavy atom. The zero-order chi connectivity index (χ0) is 18.5. The van der Waals surface area contributed by atoms with Crippen molar-refractivity contribution in [1.82, 2.24) is 19.9 Å². The first-order chi connectivity index (χ1) is 13.3. The van der Waals surface area contributed by atoms with Crippen LogP contribution in [0.15, 0.2) is 79.3 Å². The molecule has 0 saturated carbocycles. The molecule has 2 aromatic heterocycles. The summed E-state index contributed by atoms with van der Waals surface area (Å²) in [6.07, 6.45) is 4.39. The smallest absolute Gasteiger partial charge is 0.251 e. The van der Waals surface area contributed by atoms with Gasteiger partial charge in [0.15, 0.2) is 5.65 Å². The highest BCUT2D eigenvalue weighted by Gasteiger charge is 2.07. The fourth-order valence-corrected chi connectivity index (χ4v) is 3.04. The third kappa shape index (κ3) is 4.03. The average Bonchev–Trinajstić information content (AvgIpc) is 3.12. The first-order valence-corrected chi connectivity index (χ1v) is 8.96. The fourth-order valence-electron chi connectivity index (χ4n) is 3.04. The van der Waals surface area contributed by atoms with Crippen molar-refractivity contribution in [2.45, 2.75) is 13.0 Å². The second-order valence-electron chi connectivity index (χ2n) is 6.41. The molecule has 1 N–H and O–H groups in total. The van der Waals surface area contributed by atoms with Gasteiger partial charge in [-0.05, 0) is 41.8 Å².